The van der Waals surface area contributed by atoms with Crippen molar-refractivity contribution in [3.8, 4) is 0 Å². The van der Waals surface area contributed by atoms with Gasteiger partial charge < -0.3 is 5.32 Å². The third-order valence-corrected chi connectivity index (χ3v) is 4.03. The second kappa shape index (κ2) is 4.88. The van der Waals surface area contributed by atoms with E-state index in [1.165, 1.54) is 16.0 Å². The van der Waals surface area contributed by atoms with E-state index >= 15 is 0 Å². The number of nitrogens with one attached hydrogen (secondary N) is 1. The van der Waals surface area contributed by atoms with Crippen molar-refractivity contribution in [2.75, 3.05) is 5.32 Å². The average molecular weight is 246 g/mol. The summed E-state index contributed by atoms with van der Waals surface area (Å²) in [6.45, 7) is 8.48. The van der Waals surface area contributed by atoms with Crippen LogP contribution in [-0.4, -0.2) is 4.98 Å². The molecule has 17 heavy (non-hydrogen) atoms. The highest BCUT2D eigenvalue weighted by molar-refractivity contribution is 7.15. The minimum Gasteiger partial charge on any atom is -0.355 e. The van der Waals surface area contributed by atoms with Gasteiger partial charge in [-0.25, -0.2) is 4.98 Å². The number of nitrogens with zero attached hydrogens (tertiary/aromatic N) is 1. The van der Waals surface area contributed by atoms with E-state index in [4.69, 9.17) is 0 Å². The van der Waals surface area contributed by atoms with Crippen LogP contribution in [0.4, 0.5) is 5.13 Å². The molecule has 1 atom stereocenters. The molecule has 0 saturated carbocycles. The molecule has 0 amide bonds. The third kappa shape index (κ3) is 2.67. The van der Waals surface area contributed by atoms with E-state index in [-0.39, 0.29) is 0 Å². The van der Waals surface area contributed by atoms with Crippen LogP contribution in [0.3, 0.4) is 0 Å². The molecule has 2 nitrogen and oxygen atoms in total. The van der Waals surface area contributed by atoms with Gasteiger partial charge >= 0.3 is 0 Å². The number of rotatable bonds is 3. The first-order chi connectivity index (χ1) is 8.08. The molecule has 90 valence electrons. The van der Waals surface area contributed by atoms with Crippen molar-refractivity contribution >= 4 is 16.5 Å². The Balaban J connectivity index is 2.17. The van der Waals surface area contributed by atoms with Crippen molar-refractivity contribution in [3.05, 3.63) is 46.0 Å². The van der Waals surface area contributed by atoms with Crippen LogP contribution in [0.25, 0.3) is 0 Å². The van der Waals surface area contributed by atoms with Gasteiger partial charge in [0.1, 0.15) is 0 Å². The van der Waals surface area contributed by atoms with Crippen LogP contribution in [-0.2, 0) is 0 Å². The van der Waals surface area contributed by atoms with Gasteiger partial charge in [-0.15, -0.1) is 11.3 Å². The predicted molar refractivity (Wildman–Crippen MR) is 74.8 cm³/mol. The minimum absolute atomic E-state index is 0.293. The molecule has 1 aromatic carbocycles. The Morgan fingerprint density at radius 1 is 1.18 bits per heavy atom. The van der Waals surface area contributed by atoms with Crippen LogP contribution in [0, 0.1) is 20.8 Å². The minimum atomic E-state index is 0.293. The molecule has 3 heteroatoms. The number of thiazole rings is 1. The Hall–Kier alpha value is -1.35. The fourth-order valence-corrected chi connectivity index (χ4v) is 2.77. The summed E-state index contributed by atoms with van der Waals surface area (Å²) in [4.78, 5) is 5.79. The fourth-order valence-electron chi connectivity index (χ4n) is 1.87. The Labute approximate surface area is 107 Å². The van der Waals surface area contributed by atoms with Gasteiger partial charge in [-0.1, -0.05) is 24.3 Å². The quantitative estimate of drug-likeness (QED) is 0.876. The number of anilines is 1. The van der Waals surface area contributed by atoms with Crippen molar-refractivity contribution in [2.45, 2.75) is 33.7 Å². The van der Waals surface area contributed by atoms with Crippen LogP contribution >= 0.6 is 11.3 Å². The summed E-state index contributed by atoms with van der Waals surface area (Å²) >= 11 is 1.72. The molecule has 0 fully saturated rings. The van der Waals surface area contributed by atoms with E-state index in [0.717, 1.165) is 10.8 Å². The number of hydrogen-bond acceptors (Lipinski definition) is 3. The van der Waals surface area contributed by atoms with E-state index in [9.17, 15) is 0 Å². The van der Waals surface area contributed by atoms with Gasteiger partial charge in [-0.2, -0.15) is 0 Å². The van der Waals surface area contributed by atoms with E-state index in [1.54, 1.807) is 11.3 Å². The van der Waals surface area contributed by atoms with Crippen molar-refractivity contribution in [1.82, 2.24) is 4.98 Å². The Bertz CT molecular complexity index is 497. The summed E-state index contributed by atoms with van der Waals surface area (Å²) in [6, 6.07) is 8.76. The highest BCUT2D eigenvalue weighted by atomic mass is 32.1. The van der Waals surface area contributed by atoms with Gasteiger partial charge in [0.15, 0.2) is 5.13 Å². The molecule has 1 unspecified atom stereocenters. The maximum Gasteiger partial charge on any atom is 0.183 e. The average Bonchev–Trinajstić information content (AvgIpc) is 2.58. The molecule has 0 spiro atoms. The van der Waals surface area contributed by atoms with E-state index in [1.807, 2.05) is 0 Å². The van der Waals surface area contributed by atoms with E-state index in [2.05, 4.69) is 62.3 Å². The summed E-state index contributed by atoms with van der Waals surface area (Å²) in [7, 11) is 0. The lowest BCUT2D eigenvalue weighted by atomic mass is 10.0. The lowest BCUT2D eigenvalue weighted by molar-refractivity contribution is 0.870. The monoisotopic (exact) mass is 246 g/mol. The van der Waals surface area contributed by atoms with Gasteiger partial charge in [0.05, 0.1) is 11.7 Å². The van der Waals surface area contributed by atoms with Crippen molar-refractivity contribution in [2.24, 2.45) is 0 Å². The Kier molecular flexibility index (Phi) is 3.48. The molecule has 1 heterocycles. The first-order valence-corrected chi connectivity index (χ1v) is 6.65. The Morgan fingerprint density at radius 2 is 1.88 bits per heavy atom. The second-order valence-electron chi connectivity index (χ2n) is 4.38. The van der Waals surface area contributed by atoms with Crippen molar-refractivity contribution in [1.29, 1.82) is 0 Å². The molecule has 0 radical (unpaired) electrons. The SMILES string of the molecule is Cc1ccccc1C(C)Nc1nc(C)c(C)s1. The van der Waals surface area contributed by atoms with Crippen LogP contribution in [0.2, 0.25) is 0 Å². The molecule has 0 aliphatic rings. The van der Waals surface area contributed by atoms with Gasteiger partial charge in [-0.05, 0) is 38.8 Å². The zero-order valence-corrected chi connectivity index (χ0v) is 11.6. The molecule has 0 aliphatic carbocycles. The van der Waals surface area contributed by atoms with Crippen LogP contribution in [0.15, 0.2) is 24.3 Å². The summed E-state index contributed by atoms with van der Waals surface area (Å²) in [5.41, 5.74) is 3.77. The van der Waals surface area contributed by atoms with Crippen LogP contribution in [0.5, 0.6) is 0 Å². The molecule has 0 aliphatic heterocycles. The fraction of sp³-hybridized carbons (Fsp3) is 0.357. The summed E-state index contributed by atoms with van der Waals surface area (Å²) in [6.07, 6.45) is 0. The maximum atomic E-state index is 4.51. The molecule has 0 bridgehead atoms. The highest BCUT2D eigenvalue weighted by Gasteiger charge is 2.10. The van der Waals surface area contributed by atoms with E-state index < -0.39 is 0 Å². The standard InChI is InChI=1S/C14H18N2S/c1-9-7-5-6-8-13(9)11(3)16-14-15-10(2)12(4)17-14/h5-8,11H,1-4H3,(H,15,16). The van der Waals surface area contributed by atoms with Crippen LogP contribution < -0.4 is 5.32 Å². The first kappa shape index (κ1) is 12.1. The molecular weight excluding hydrogens is 228 g/mol. The molecule has 2 aromatic rings. The second-order valence-corrected chi connectivity index (χ2v) is 5.59. The zero-order chi connectivity index (χ0) is 12.4. The van der Waals surface area contributed by atoms with Gasteiger partial charge in [-0.3, -0.25) is 0 Å². The number of aryl methyl sites for hydroxylation is 3. The third-order valence-electron chi connectivity index (χ3n) is 3.02. The Morgan fingerprint density at radius 3 is 2.47 bits per heavy atom. The molecule has 0 saturated heterocycles. The van der Waals surface area contributed by atoms with Crippen molar-refractivity contribution < 1.29 is 0 Å². The number of aromatic nitrogens is 1. The normalized spacial score (nSPS) is 12.5. The zero-order valence-electron chi connectivity index (χ0n) is 10.7. The number of benzene rings is 1. The molecule has 1 aromatic heterocycles. The van der Waals surface area contributed by atoms with Gasteiger partial charge in [0, 0.05) is 4.88 Å². The largest absolute Gasteiger partial charge is 0.355 e. The first-order valence-electron chi connectivity index (χ1n) is 5.84. The topological polar surface area (TPSA) is 24.9 Å². The smallest absolute Gasteiger partial charge is 0.183 e. The predicted octanol–water partition coefficient (Wildman–Crippen LogP) is 4.24. The lowest BCUT2D eigenvalue weighted by Crippen LogP contribution is -2.07. The van der Waals surface area contributed by atoms with E-state index in [0.29, 0.717) is 6.04 Å². The molecular formula is C14H18N2S. The molecule has 1 N–H and O–H groups in total. The lowest BCUT2D eigenvalue weighted by Gasteiger charge is -2.15. The summed E-state index contributed by atoms with van der Waals surface area (Å²) in [5.74, 6) is 0. The maximum absolute atomic E-state index is 4.51. The van der Waals surface area contributed by atoms with Crippen LogP contribution in [0.1, 0.15) is 34.7 Å². The summed E-state index contributed by atoms with van der Waals surface area (Å²) < 4.78 is 0. The number of hydrogen-bond donors (Lipinski definition) is 1. The molecule has 2 rings (SSSR count). The summed E-state index contributed by atoms with van der Waals surface area (Å²) in [5, 5.41) is 4.48. The highest BCUT2D eigenvalue weighted by Crippen LogP contribution is 2.26. The van der Waals surface area contributed by atoms with Gasteiger partial charge in [0.25, 0.3) is 0 Å². The van der Waals surface area contributed by atoms with Gasteiger partial charge in [0.2, 0.25) is 0 Å². The van der Waals surface area contributed by atoms with Crippen molar-refractivity contribution in [3.63, 3.8) is 0 Å².